The molecule has 0 aromatic heterocycles. The third-order valence-corrected chi connectivity index (χ3v) is 12.2. The van der Waals surface area contributed by atoms with Crippen LogP contribution in [0.5, 0.6) is 0 Å². The summed E-state index contributed by atoms with van der Waals surface area (Å²) in [5.74, 6) is -1.73. The highest BCUT2D eigenvalue weighted by Gasteiger charge is 2.25. The highest BCUT2D eigenvalue weighted by molar-refractivity contribution is 5.70. The van der Waals surface area contributed by atoms with Gasteiger partial charge in [-0.05, 0) is 51.4 Å². The molecule has 0 aliphatic rings. The number of nitrogens with zero attached hydrogens (tertiary/aromatic N) is 1. The van der Waals surface area contributed by atoms with Crippen LogP contribution in [0.4, 0.5) is 0 Å². The molecule has 0 aliphatic heterocycles. The van der Waals surface area contributed by atoms with Crippen molar-refractivity contribution >= 4 is 17.9 Å². The van der Waals surface area contributed by atoms with Crippen molar-refractivity contribution in [2.24, 2.45) is 0 Å². The number of carbonyl (C=O) groups is 3. The van der Waals surface area contributed by atoms with Gasteiger partial charge >= 0.3 is 11.9 Å². The molecule has 0 bridgehead atoms. The summed E-state index contributed by atoms with van der Waals surface area (Å²) >= 11 is 0. The molecule has 2 unspecified atom stereocenters. The van der Waals surface area contributed by atoms with E-state index in [1.54, 1.807) is 0 Å². The quantitative estimate of drug-likeness (QED) is 0.0259. The molecule has 2 atom stereocenters. The smallest absolute Gasteiger partial charge is 0.306 e. The van der Waals surface area contributed by atoms with Crippen LogP contribution in [0.1, 0.15) is 245 Å². The fourth-order valence-electron chi connectivity index (χ4n) is 8.06. The number of carboxylic acids is 1. The van der Waals surface area contributed by atoms with Crippen molar-refractivity contribution in [2.45, 2.75) is 257 Å². The van der Waals surface area contributed by atoms with Gasteiger partial charge in [-0.15, -0.1) is 0 Å². The lowest BCUT2D eigenvalue weighted by molar-refractivity contribution is -0.889. The Hall–Kier alpha value is -2.71. The van der Waals surface area contributed by atoms with E-state index < -0.39 is 18.1 Å². The molecule has 0 saturated heterocycles. The van der Waals surface area contributed by atoms with Gasteiger partial charge in [-0.25, -0.2) is 0 Å². The maximum absolute atomic E-state index is 12.8. The monoisotopic (exact) mass is 914 g/mol. The van der Waals surface area contributed by atoms with Gasteiger partial charge in [0, 0.05) is 19.3 Å². The van der Waals surface area contributed by atoms with Gasteiger partial charge in [-0.3, -0.25) is 9.59 Å². The molecule has 0 spiro atoms. The zero-order valence-electron chi connectivity index (χ0n) is 43.2. The van der Waals surface area contributed by atoms with Crippen LogP contribution < -0.4 is 5.11 Å². The third-order valence-electron chi connectivity index (χ3n) is 12.2. The number of esters is 2. The van der Waals surface area contributed by atoms with E-state index in [0.29, 0.717) is 12.8 Å². The zero-order chi connectivity index (χ0) is 47.7. The molecule has 0 fully saturated rings. The average molecular weight is 914 g/mol. The normalized spacial score (nSPS) is 13.2. The standard InChI is InChI=1S/C57H103NO7/c1-6-8-10-12-14-16-18-20-22-24-26-27-28-29-30-32-34-36-38-40-42-44-46-48-56(60)65-53(51-63-50-49-54(57(61)62)58(3,4)5)52-64-55(59)47-45-43-41-39-37-35-33-31-25-23-21-19-17-15-13-11-9-7-2/h8,10,14,16,20,22,26-27,53-54H,6-7,9,11-13,15,17-19,21,23-25,28-52H2,1-5H3/b10-8+,16-14+,22-20+,27-26+. The van der Waals surface area contributed by atoms with E-state index in [0.717, 1.165) is 64.2 Å². The van der Waals surface area contributed by atoms with Gasteiger partial charge in [0.2, 0.25) is 0 Å². The minimum Gasteiger partial charge on any atom is -0.544 e. The number of aliphatic carboxylic acids is 1. The molecule has 0 heterocycles. The van der Waals surface area contributed by atoms with E-state index in [-0.39, 0.29) is 42.7 Å². The average Bonchev–Trinajstić information content (AvgIpc) is 3.27. The summed E-state index contributed by atoms with van der Waals surface area (Å²) in [7, 11) is 5.42. The molecule has 8 nitrogen and oxygen atoms in total. The van der Waals surface area contributed by atoms with E-state index in [9.17, 15) is 19.5 Å². The molecular formula is C57H103NO7. The zero-order valence-corrected chi connectivity index (χ0v) is 43.2. The number of hydrogen-bond donors (Lipinski definition) is 0. The number of unbranched alkanes of at least 4 members (excludes halogenated alkanes) is 27. The molecule has 8 heteroatoms. The minimum absolute atomic E-state index is 0.0412. The molecule has 0 N–H and O–H groups in total. The Bertz CT molecular complexity index is 1200. The van der Waals surface area contributed by atoms with Gasteiger partial charge < -0.3 is 28.6 Å². The highest BCUT2D eigenvalue weighted by Crippen LogP contribution is 2.16. The topological polar surface area (TPSA) is 102 Å². The van der Waals surface area contributed by atoms with Crippen LogP contribution >= 0.6 is 0 Å². The van der Waals surface area contributed by atoms with Gasteiger partial charge in [0.1, 0.15) is 12.6 Å². The van der Waals surface area contributed by atoms with E-state index >= 15 is 0 Å². The van der Waals surface area contributed by atoms with Crippen molar-refractivity contribution in [1.82, 2.24) is 0 Å². The molecule has 378 valence electrons. The van der Waals surface area contributed by atoms with Crippen molar-refractivity contribution in [2.75, 3.05) is 41.0 Å². The Morgan fingerprint density at radius 1 is 0.477 bits per heavy atom. The number of carboxylic acid groups (broad SMARTS) is 1. The molecule has 65 heavy (non-hydrogen) atoms. The first-order valence-electron chi connectivity index (χ1n) is 27.2. The number of carbonyl (C=O) groups excluding carboxylic acids is 3. The van der Waals surface area contributed by atoms with Crippen LogP contribution in [-0.2, 0) is 28.6 Å². The van der Waals surface area contributed by atoms with Gasteiger partial charge in [0.25, 0.3) is 0 Å². The number of rotatable bonds is 49. The molecule has 0 aliphatic carbocycles. The van der Waals surface area contributed by atoms with Gasteiger partial charge in [0.05, 0.1) is 40.3 Å². The number of allylic oxidation sites excluding steroid dienone is 8. The first-order valence-corrected chi connectivity index (χ1v) is 27.2. The molecule has 0 amide bonds. The van der Waals surface area contributed by atoms with Crippen LogP contribution in [-0.4, -0.2) is 75.5 Å². The second kappa shape index (κ2) is 47.8. The lowest BCUT2D eigenvalue weighted by Gasteiger charge is -2.34. The molecule has 0 aromatic rings. The van der Waals surface area contributed by atoms with Crippen LogP contribution in [0.15, 0.2) is 48.6 Å². The first kappa shape index (κ1) is 62.3. The maximum Gasteiger partial charge on any atom is 0.306 e. The Labute approximate surface area is 401 Å². The fourth-order valence-corrected chi connectivity index (χ4v) is 8.06. The third kappa shape index (κ3) is 46.2. The van der Waals surface area contributed by atoms with Gasteiger partial charge in [-0.1, -0.05) is 223 Å². The summed E-state index contributed by atoms with van der Waals surface area (Å²) in [5, 5.41) is 11.7. The van der Waals surface area contributed by atoms with E-state index in [2.05, 4.69) is 62.5 Å². The van der Waals surface area contributed by atoms with E-state index in [4.69, 9.17) is 14.2 Å². The Balaban J connectivity index is 4.19. The Kier molecular flexibility index (Phi) is 45.8. The predicted molar refractivity (Wildman–Crippen MR) is 273 cm³/mol. The van der Waals surface area contributed by atoms with E-state index in [1.165, 1.54) is 148 Å². The molecule has 0 aromatic carbocycles. The van der Waals surface area contributed by atoms with Crippen LogP contribution in [0, 0.1) is 0 Å². The summed E-state index contributed by atoms with van der Waals surface area (Å²) in [6.07, 6.45) is 58.6. The van der Waals surface area contributed by atoms with Crippen molar-refractivity contribution in [1.29, 1.82) is 0 Å². The SMILES string of the molecule is CC/C=C/C/C=C/C/C=C/C/C=C/CCCCCCCCCCCCC(=O)OC(COCCC(C(=O)[O-])[N+](C)(C)C)COC(=O)CCCCCCCCCCCCCCCCCCCC. The lowest BCUT2D eigenvalue weighted by Crippen LogP contribution is -2.55. The molecule has 0 radical (unpaired) electrons. The summed E-state index contributed by atoms with van der Waals surface area (Å²) in [6, 6.07) is -0.727. The predicted octanol–water partition coefficient (Wildman–Crippen LogP) is 14.6. The number of quaternary nitrogens is 1. The van der Waals surface area contributed by atoms with Gasteiger partial charge in [-0.2, -0.15) is 0 Å². The van der Waals surface area contributed by atoms with Crippen LogP contribution in [0.25, 0.3) is 0 Å². The fraction of sp³-hybridized carbons (Fsp3) is 0.807. The Morgan fingerprint density at radius 3 is 1.28 bits per heavy atom. The second-order valence-electron chi connectivity index (χ2n) is 19.4. The van der Waals surface area contributed by atoms with Crippen molar-refractivity contribution in [3.63, 3.8) is 0 Å². The Morgan fingerprint density at radius 2 is 0.862 bits per heavy atom. The summed E-state index contributed by atoms with van der Waals surface area (Å²) in [6.45, 7) is 4.58. The van der Waals surface area contributed by atoms with Crippen molar-refractivity contribution in [3.8, 4) is 0 Å². The largest absolute Gasteiger partial charge is 0.544 e. The lowest BCUT2D eigenvalue weighted by atomic mass is 10.0. The van der Waals surface area contributed by atoms with E-state index in [1.807, 2.05) is 21.1 Å². The van der Waals surface area contributed by atoms with Crippen molar-refractivity contribution in [3.05, 3.63) is 48.6 Å². The first-order chi connectivity index (χ1) is 31.6. The number of hydrogen-bond acceptors (Lipinski definition) is 7. The summed E-state index contributed by atoms with van der Waals surface area (Å²) in [5.41, 5.74) is 0. The van der Waals surface area contributed by atoms with Crippen LogP contribution in [0.3, 0.4) is 0 Å². The molecule has 0 saturated carbocycles. The highest BCUT2D eigenvalue weighted by atomic mass is 16.6. The second-order valence-corrected chi connectivity index (χ2v) is 19.4. The molecule has 0 rings (SSSR count). The van der Waals surface area contributed by atoms with Gasteiger partial charge in [0.15, 0.2) is 6.10 Å². The minimum atomic E-state index is -1.12. The summed E-state index contributed by atoms with van der Waals surface area (Å²) in [4.78, 5) is 37.1. The molecular weight excluding hydrogens is 811 g/mol. The number of ether oxygens (including phenoxy) is 3. The van der Waals surface area contributed by atoms with Crippen LogP contribution in [0.2, 0.25) is 0 Å². The van der Waals surface area contributed by atoms with Crippen molar-refractivity contribution < 1.29 is 38.2 Å². The maximum atomic E-state index is 12.8. The number of likely N-dealkylation sites (N-methyl/N-ethyl adjacent to an activating group) is 1. The summed E-state index contributed by atoms with van der Waals surface area (Å²) < 4.78 is 17.3.